The zero-order valence-electron chi connectivity index (χ0n) is 30.8. The van der Waals surface area contributed by atoms with Gasteiger partial charge in [0, 0.05) is 27.0 Å². The lowest BCUT2D eigenvalue weighted by Crippen LogP contribution is -2.31. The van der Waals surface area contributed by atoms with Gasteiger partial charge >= 0.3 is 0 Å². The molecule has 1 unspecified atom stereocenters. The van der Waals surface area contributed by atoms with Gasteiger partial charge < -0.3 is 4.42 Å². The van der Waals surface area contributed by atoms with Crippen molar-refractivity contribution in [3.05, 3.63) is 215 Å². The lowest BCUT2D eigenvalue weighted by Gasteiger charge is -2.39. The highest BCUT2D eigenvalue weighted by atomic mass is 32.2. The van der Waals surface area contributed by atoms with E-state index in [4.69, 9.17) is 19.4 Å². The van der Waals surface area contributed by atoms with Crippen LogP contribution in [-0.2, 0) is 5.41 Å². The quantitative estimate of drug-likeness (QED) is 0.179. The number of hydrogen-bond acceptors (Lipinski definition) is 5. The largest absolute Gasteiger partial charge is 0.458 e. The zero-order valence-corrected chi connectivity index (χ0v) is 31.6. The highest BCUT2D eigenvalue weighted by Gasteiger charge is 2.51. The Labute approximate surface area is 334 Å². The SMILES string of the molecule is C1=Cc2c(oc3c4c(ccc23)C2(c3ccccc3S4)c3ccccc3-c3ccccc32)C(c2nc(-c3ccccc3)nc(-c3ccc(-c4ccccc4)cc3)n2)C1. The molecule has 57 heavy (non-hydrogen) atoms. The van der Waals surface area contributed by atoms with Crippen molar-refractivity contribution in [1.82, 2.24) is 15.0 Å². The lowest BCUT2D eigenvalue weighted by molar-refractivity contribution is 0.500. The predicted molar refractivity (Wildman–Crippen MR) is 229 cm³/mol. The summed E-state index contributed by atoms with van der Waals surface area (Å²) in [5.41, 5.74) is 13.6. The Hall–Kier alpha value is -6.82. The third-order valence-electron chi connectivity index (χ3n) is 12.0. The normalized spacial score (nSPS) is 15.5. The fourth-order valence-electron chi connectivity index (χ4n) is 9.42. The second-order valence-corrected chi connectivity index (χ2v) is 16.0. The molecule has 5 heteroatoms. The molecule has 268 valence electrons. The molecular weight excluding hydrogens is 715 g/mol. The minimum atomic E-state index is -0.467. The summed E-state index contributed by atoms with van der Waals surface area (Å²) in [5.74, 6) is 2.72. The van der Waals surface area contributed by atoms with Gasteiger partial charge in [0.15, 0.2) is 11.6 Å². The van der Waals surface area contributed by atoms with Crippen LogP contribution in [0.4, 0.5) is 0 Å². The van der Waals surface area contributed by atoms with Gasteiger partial charge in [-0.2, -0.15) is 0 Å². The predicted octanol–water partition coefficient (Wildman–Crippen LogP) is 13.0. The zero-order chi connectivity index (χ0) is 37.5. The highest BCUT2D eigenvalue weighted by Crippen LogP contribution is 2.63. The number of furan rings is 1. The van der Waals surface area contributed by atoms with E-state index >= 15 is 0 Å². The summed E-state index contributed by atoms with van der Waals surface area (Å²) in [4.78, 5) is 17.9. The van der Waals surface area contributed by atoms with Crippen LogP contribution >= 0.6 is 11.8 Å². The van der Waals surface area contributed by atoms with Gasteiger partial charge in [0.1, 0.15) is 17.2 Å². The van der Waals surface area contributed by atoms with E-state index in [-0.39, 0.29) is 5.92 Å². The molecule has 9 aromatic rings. The van der Waals surface area contributed by atoms with E-state index in [2.05, 4.69) is 158 Å². The molecule has 0 radical (unpaired) electrons. The average Bonchev–Trinajstić information content (AvgIpc) is 3.82. The molecule has 0 saturated heterocycles. The monoisotopic (exact) mass is 747 g/mol. The molecule has 2 aromatic heterocycles. The molecular formula is C52H33N3OS. The van der Waals surface area contributed by atoms with Crippen molar-refractivity contribution in [2.75, 3.05) is 0 Å². The van der Waals surface area contributed by atoms with Gasteiger partial charge in [0.05, 0.1) is 16.2 Å². The van der Waals surface area contributed by atoms with E-state index in [0.717, 1.165) is 45.4 Å². The number of nitrogens with zero attached hydrogens (tertiary/aromatic N) is 3. The van der Waals surface area contributed by atoms with Crippen LogP contribution < -0.4 is 0 Å². The Morgan fingerprint density at radius 2 is 1.07 bits per heavy atom. The Morgan fingerprint density at radius 1 is 0.509 bits per heavy atom. The molecule has 1 atom stereocenters. The van der Waals surface area contributed by atoms with E-state index < -0.39 is 5.41 Å². The summed E-state index contributed by atoms with van der Waals surface area (Å²) in [5, 5.41) is 1.11. The minimum absolute atomic E-state index is 0.191. The summed E-state index contributed by atoms with van der Waals surface area (Å²) in [7, 11) is 0. The first-order chi connectivity index (χ1) is 28.3. The van der Waals surface area contributed by atoms with Crippen LogP contribution in [0.2, 0.25) is 0 Å². The molecule has 1 spiro atoms. The standard InChI is InChI=1S/C52H33N3OS/c1-3-14-32(15-4-1)33-26-28-35(29-27-33)50-53-49(34-16-5-2-6-17-34)54-51(55-50)40-21-13-20-38-39-30-31-44-48(47(39)56-46(38)40)57-45-25-12-11-24-43(45)52(44)41-22-9-7-18-36(41)37-19-8-10-23-42(37)52/h1-20,22-31,40H,21H2. The third-order valence-corrected chi connectivity index (χ3v) is 13.1. The molecule has 7 aromatic carbocycles. The van der Waals surface area contributed by atoms with Gasteiger partial charge in [0.2, 0.25) is 0 Å². The Kier molecular flexibility index (Phi) is 7.17. The molecule has 2 aliphatic carbocycles. The van der Waals surface area contributed by atoms with Gasteiger partial charge in [-0.15, -0.1) is 0 Å². The van der Waals surface area contributed by atoms with E-state index in [0.29, 0.717) is 17.5 Å². The van der Waals surface area contributed by atoms with Crippen molar-refractivity contribution >= 4 is 28.8 Å². The van der Waals surface area contributed by atoms with Crippen LogP contribution in [-0.4, -0.2) is 15.0 Å². The van der Waals surface area contributed by atoms with E-state index in [1.54, 1.807) is 0 Å². The minimum Gasteiger partial charge on any atom is -0.458 e. The molecule has 0 amide bonds. The molecule has 3 heterocycles. The number of allylic oxidation sites excluding steroid dienone is 1. The van der Waals surface area contributed by atoms with Gasteiger partial charge in [-0.1, -0.05) is 188 Å². The number of rotatable bonds is 4. The molecule has 1 aliphatic heterocycles. The molecule has 0 bridgehead atoms. The maximum Gasteiger partial charge on any atom is 0.163 e. The summed E-state index contributed by atoms with van der Waals surface area (Å²) >= 11 is 1.82. The summed E-state index contributed by atoms with van der Waals surface area (Å²) < 4.78 is 7.23. The van der Waals surface area contributed by atoms with Crippen molar-refractivity contribution in [2.24, 2.45) is 0 Å². The number of fused-ring (bicyclic) bond motifs is 13. The van der Waals surface area contributed by atoms with Gasteiger partial charge in [-0.3, -0.25) is 0 Å². The summed E-state index contributed by atoms with van der Waals surface area (Å²) in [6.07, 6.45) is 5.19. The topological polar surface area (TPSA) is 51.8 Å². The van der Waals surface area contributed by atoms with E-state index in [9.17, 15) is 0 Å². The van der Waals surface area contributed by atoms with E-state index in [1.807, 2.05) is 36.0 Å². The van der Waals surface area contributed by atoms with Crippen LogP contribution in [0.5, 0.6) is 0 Å². The third kappa shape index (κ3) is 4.79. The fraction of sp³-hybridized carbons (Fsp3) is 0.0577. The second kappa shape index (κ2) is 12.6. The highest BCUT2D eigenvalue weighted by molar-refractivity contribution is 7.99. The van der Waals surface area contributed by atoms with Crippen molar-refractivity contribution in [3.8, 4) is 45.0 Å². The molecule has 4 nitrogen and oxygen atoms in total. The van der Waals surface area contributed by atoms with Crippen molar-refractivity contribution in [3.63, 3.8) is 0 Å². The van der Waals surface area contributed by atoms with Crippen LogP contribution in [0.3, 0.4) is 0 Å². The second-order valence-electron chi connectivity index (χ2n) is 15.0. The average molecular weight is 748 g/mol. The van der Waals surface area contributed by atoms with Crippen LogP contribution in [0.25, 0.3) is 62.1 Å². The Balaban J connectivity index is 1.04. The fourth-order valence-corrected chi connectivity index (χ4v) is 10.7. The molecule has 0 fully saturated rings. The lowest BCUT2D eigenvalue weighted by atomic mass is 9.67. The smallest absolute Gasteiger partial charge is 0.163 e. The molecule has 0 saturated carbocycles. The Bertz CT molecular complexity index is 3030. The van der Waals surface area contributed by atoms with E-state index in [1.165, 1.54) is 48.7 Å². The maximum absolute atomic E-state index is 7.23. The van der Waals surface area contributed by atoms with Crippen molar-refractivity contribution in [2.45, 2.75) is 27.5 Å². The number of benzene rings is 7. The molecule has 0 N–H and O–H groups in total. The first-order valence-electron chi connectivity index (χ1n) is 19.5. The van der Waals surface area contributed by atoms with Crippen molar-refractivity contribution in [1.29, 1.82) is 0 Å². The number of hydrogen-bond donors (Lipinski definition) is 0. The number of aromatic nitrogens is 3. The Morgan fingerprint density at radius 3 is 1.77 bits per heavy atom. The summed E-state index contributed by atoms with van der Waals surface area (Å²) in [6, 6.07) is 60.6. The summed E-state index contributed by atoms with van der Waals surface area (Å²) in [6.45, 7) is 0. The van der Waals surface area contributed by atoms with Gasteiger partial charge in [-0.25, -0.2) is 15.0 Å². The van der Waals surface area contributed by atoms with Crippen LogP contribution in [0.15, 0.2) is 190 Å². The van der Waals surface area contributed by atoms with Gasteiger partial charge in [-0.05, 0) is 57.0 Å². The van der Waals surface area contributed by atoms with Crippen LogP contribution in [0, 0.1) is 0 Å². The van der Waals surface area contributed by atoms with Crippen LogP contribution in [0.1, 0.15) is 51.7 Å². The molecule has 12 rings (SSSR count). The first kappa shape index (κ1) is 32.4. The van der Waals surface area contributed by atoms with Gasteiger partial charge in [0.25, 0.3) is 0 Å². The van der Waals surface area contributed by atoms with Crippen molar-refractivity contribution < 1.29 is 4.42 Å². The maximum atomic E-state index is 7.23. The first-order valence-corrected chi connectivity index (χ1v) is 20.3. The molecule has 3 aliphatic rings.